The summed E-state index contributed by atoms with van der Waals surface area (Å²) >= 11 is 0. The average molecular weight is 389 g/mol. The van der Waals surface area contributed by atoms with Crippen molar-refractivity contribution in [3.63, 3.8) is 0 Å². The lowest BCUT2D eigenvalue weighted by atomic mass is 10.0. The molecule has 29 heavy (non-hydrogen) atoms. The molecule has 8 nitrogen and oxygen atoms in total. The molecule has 2 atom stereocenters. The van der Waals surface area contributed by atoms with E-state index in [4.69, 9.17) is 4.74 Å². The predicted molar refractivity (Wildman–Crippen MR) is 106 cm³/mol. The van der Waals surface area contributed by atoms with E-state index in [1.54, 1.807) is 46.3 Å². The fourth-order valence-electron chi connectivity index (χ4n) is 3.64. The molecule has 1 amide bonds. The molecule has 0 radical (unpaired) electrons. The minimum absolute atomic E-state index is 0.194. The van der Waals surface area contributed by atoms with E-state index in [0.717, 1.165) is 10.8 Å². The molecule has 1 N–H and O–H groups in total. The lowest BCUT2D eigenvalue weighted by Gasteiger charge is -2.35. The van der Waals surface area contributed by atoms with Gasteiger partial charge in [-0.2, -0.15) is 5.10 Å². The summed E-state index contributed by atoms with van der Waals surface area (Å²) in [7, 11) is 0. The van der Waals surface area contributed by atoms with Gasteiger partial charge in [-0.3, -0.25) is 9.78 Å². The van der Waals surface area contributed by atoms with Crippen molar-refractivity contribution in [2.45, 2.75) is 18.6 Å². The van der Waals surface area contributed by atoms with E-state index in [1.807, 2.05) is 24.3 Å². The molecule has 1 fully saturated rings. The second-order valence-corrected chi connectivity index (χ2v) is 7.10. The fourth-order valence-corrected chi connectivity index (χ4v) is 3.64. The summed E-state index contributed by atoms with van der Waals surface area (Å²) in [5.74, 6) is 0.463. The van der Waals surface area contributed by atoms with E-state index in [1.165, 1.54) is 0 Å². The molecule has 1 saturated heterocycles. The fraction of sp³-hybridized carbons (Fsp3) is 0.238. The highest BCUT2D eigenvalue weighted by molar-refractivity contribution is 5.93. The first kappa shape index (κ1) is 17.6. The van der Waals surface area contributed by atoms with Crippen molar-refractivity contribution >= 4 is 22.3 Å². The lowest BCUT2D eigenvalue weighted by molar-refractivity contribution is -0.0200. The van der Waals surface area contributed by atoms with E-state index < -0.39 is 6.10 Å². The maximum Gasteiger partial charge on any atom is 0.274 e. The zero-order chi connectivity index (χ0) is 19.8. The third-order valence-electron chi connectivity index (χ3n) is 5.16. The van der Waals surface area contributed by atoms with Crippen molar-refractivity contribution in [1.29, 1.82) is 0 Å². The van der Waals surface area contributed by atoms with Crippen LogP contribution in [0.1, 0.15) is 16.9 Å². The van der Waals surface area contributed by atoms with Crippen LogP contribution in [-0.4, -0.2) is 60.8 Å². The van der Waals surface area contributed by atoms with Crippen molar-refractivity contribution < 1.29 is 14.6 Å². The smallest absolute Gasteiger partial charge is 0.274 e. The molecule has 5 rings (SSSR count). The van der Waals surface area contributed by atoms with Crippen LogP contribution in [0.3, 0.4) is 0 Å². The average Bonchev–Trinajstić information content (AvgIpc) is 3.19. The minimum atomic E-state index is -0.785. The van der Waals surface area contributed by atoms with Crippen LogP contribution in [0.15, 0.2) is 61.2 Å². The van der Waals surface area contributed by atoms with E-state index >= 15 is 0 Å². The van der Waals surface area contributed by atoms with E-state index in [2.05, 4.69) is 15.1 Å². The number of β-amino-alcohol motifs (C(OH)–C–C–N with tert-alkyl or cyclic N) is 1. The molecule has 146 valence electrons. The van der Waals surface area contributed by atoms with Crippen LogP contribution in [0.2, 0.25) is 0 Å². The number of aliphatic hydroxyl groups is 1. The van der Waals surface area contributed by atoms with Gasteiger partial charge in [0, 0.05) is 49.2 Å². The van der Waals surface area contributed by atoms with Gasteiger partial charge in [0.05, 0.1) is 6.54 Å². The molecular weight excluding hydrogens is 370 g/mol. The molecule has 3 aromatic heterocycles. The predicted octanol–water partition coefficient (Wildman–Crippen LogP) is 1.93. The van der Waals surface area contributed by atoms with Gasteiger partial charge in [0.15, 0.2) is 11.3 Å². The standard InChI is InChI=1S/C21H19N5O3/c27-18-13-25(21(28)17-11-20-23-6-1-8-26(20)24-17)9-5-19(18)29-16-3-2-14-4-7-22-12-15(14)10-16/h1-4,6-8,10-12,18-19,27H,5,9,13H2/t18-,19-/m1/s1. The summed E-state index contributed by atoms with van der Waals surface area (Å²) in [4.78, 5) is 22.7. The van der Waals surface area contributed by atoms with Gasteiger partial charge in [-0.05, 0) is 29.7 Å². The van der Waals surface area contributed by atoms with Crippen LogP contribution in [0.25, 0.3) is 16.4 Å². The van der Waals surface area contributed by atoms with Gasteiger partial charge in [0.2, 0.25) is 0 Å². The Labute approximate surface area is 166 Å². The molecule has 0 aliphatic carbocycles. The summed E-state index contributed by atoms with van der Waals surface area (Å²) in [6.45, 7) is 0.678. The summed E-state index contributed by atoms with van der Waals surface area (Å²) in [6.07, 6.45) is 6.29. The first-order valence-electron chi connectivity index (χ1n) is 9.45. The zero-order valence-corrected chi connectivity index (χ0v) is 15.5. The van der Waals surface area contributed by atoms with Gasteiger partial charge in [0.25, 0.3) is 5.91 Å². The van der Waals surface area contributed by atoms with Gasteiger partial charge < -0.3 is 14.7 Å². The van der Waals surface area contributed by atoms with Crippen LogP contribution in [0.5, 0.6) is 5.75 Å². The van der Waals surface area contributed by atoms with Gasteiger partial charge in [-0.15, -0.1) is 0 Å². The van der Waals surface area contributed by atoms with Crippen molar-refractivity contribution in [2.75, 3.05) is 13.1 Å². The van der Waals surface area contributed by atoms with Gasteiger partial charge in [-0.25, -0.2) is 9.50 Å². The number of fused-ring (bicyclic) bond motifs is 2. The summed E-state index contributed by atoms with van der Waals surface area (Å²) in [5, 5.41) is 16.9. The Morgan fingerprint density at radius 2 is 2.10 bits per heavy atom. The molecule has 0 saturated carbocycles. The number of piperidine rings is 1. The Morgan fingerprint density at radius 3 is 2.97 bits per heavy atom. The highest BCUT2D eigenvalue weighted by Crippen LogP contribution is 2.24. The number of nitrogens with zero attached hydrogens (tertiary/aromatic N) is 5. The number of pyridine rings is 1. The number of hydrogen-bond donors (Lipinski definition) is 1. The first-order chi connectivity index (χ1) is 14.2. The second kappa shape index (κ2) is 7.14. The largest absolute Gasteiger partial charge is 0.488 e. The normalized spacial score (nSPS) is 19.6. The molecular formula is C21H19N5O3. The lowest BCUT2D eigenvalue weighted by Crippen LogP contribution is -2.51. The Bertz CT molecular complexity index is 1160. The first-order valence-corrected chi connectivity index (χ1v) is 9.45. The molecule has 1 aromatic carbocycles. The number of carbonyl (C=O) groups excluding carboxylic acids is 1. The van der Waals surface area contributed by atoms with E-state index in [0.29, 0.717) is 30.1 Å². The van der Waals surface area contributed by atoms with Gasteiger partial charge in [0.1, 0.15) is 18.0 Å². The molecule has 0 bridgehead atoms. The van der Waals surface area contributed by atoms with Crippen molar-refractivity contribution in [3.05, 3.63) is 66.9 Å². The van der Waals surface area contributed by atoms with Crippen LogP contribution < -0.4 is 4.74 Å². The number of ether oxygens (including phenoxy) is 1. The molecule has 4 aromatic rings. The van der Waals surface area contributed by atoms with Crippen LogP contribution in [-0.2, 0) is 0 Å². The third-order valence-corrected chi connectivity index (χ3v) is 5.16. The molecule has 0 spiro atoms. The summed E-state index contributed by atoms with van der Waals surface area (Å²) in [5.41, 5.74) is 0.928. The van der Waals surface area contributed by atoms with Crippen molar-refractivity contribution in [2.24, 2.45) is 0 Å². The summed E-state index contributed by atoms with van der Waals surface area (Å²) < 4.78 is 7.58. The molecule has 1 aliphatic rings. The van der Waals surface area contributed by atoms with Crippen LogP contribution >= 0.6 is 0 Å². The van der Waals surface area contributed by atoms with Crippen LogP contribution in [0, 0.1) is 0 Å². The number of aliphatic hydroxyl groups excluding tert-OH is 1. The number of benzene rings is 1. The number of hydrogen-bond acceptors (Lipinski definition) is 6. The maximum absolute atomic E-state index is 12.8. The number of rotatable bonds is 3. The summed E-state index contributed by atoms with van der Waals surface area (Å²) in [6, 6.07) is 11.1. The monoisotopic (exact) mass is 389 g/mol. The SMILES string of the molecule is O=C(c1cc2ncccn2n1)N1CC[C@@H](Oc2ccc3ccncc3c2)[C@H](O)C1. The molecule has 1 aliphatic heterocycles. The highest BCUT2D eigenvalue weighted by atomic mass is 16.5. The number of carbonyl (C=O) groups is 1. The minimum Gasteiger partial charge on any atom is -0.488 e. The third kappa shape index (κ3) is 3.38. The van der Waals surface area contributed by atoms with Crippen LogP contribution in [0.4, 0.5) is 0 Å². The molecule has 0 unspecified atom stereocenters. The molecule has 4 heterocycles. The highest BCUT2D eigenvalue weighted by Gasteiger charge is 2.33. The van der Waals surface area contributed by atoms with Crippen molar-refractivity contribution in [1.82, 2.24) is 24.5 Å². The van der Waals surface area contributed by atoms with Gasteiger partial charge in [-0.1, -0.05) is 6.07 Å². The number of aromatic nitrogens is 4. The number of amides is 1. The quantitative estimate of drug-likeness (QED) is 0.576. The zero-order valence-electron chi connectivity index (χ0n) is 15.5. The Morgan fingerprint density at radius 1 is 1.17 bits per heavy atom. The van der Waals surface area contributed by atoms with Crippen molar-refractivity contribution in [3.8, 4) is 5.75 Å². The maximum atomic E-state index is 12.8. The Hall–Kier alpha value is -3.52. The topological polar surface area (TPSA) is 92.9 Å². The number of likely N-dealkylation sites (tertiary alicyclic amines) is 1. The Kier molecular flexibility index (Phi) is 4.33. The second-order valence-electron chi connectivity index (χ2n) is 7.10. The van der Waals surface area contributed by atoms with Gasteiger partial charge >= 0.3 is 0 Å². The Balaban J connectivity index is 1.27. The van der Waals surface area contributed by atoms with E-state index in [-0.39, 0.29) is 18.6 Å². The van der Waals surface area contributed by atoms with E-state index in [9.17, 15) is 9.90 Å². The molecule has 8 heteroatoms.